The SMILES string of the molecule is COc1cc(Cl)c(C)cc1NC(=O)c1n[nH]nc1C. The van der Waals surface area contributed by atoms with E-state index in [-0.39, 0.29) is 11.6 Å². The van der Waals surface area contributed by atoms with Crippen LogP contribution in [0.4, 0.5) is 5.69 Å². The number of carbonyl (C=O) groups excluding carboxylic acids is 1. The van der Waals surface area contributed by atoms with E-state index in [0.717, 1.165) is 5.56 Å². The van der Waals surface area contributed by atoms with Crippen molar-refractivity contribution < 1.29 is 9.53 Å². The number of amides is 1. The lowest BCUT2D eigenvalue weighted by atomic mass is 10.2. The molecule has 1 aromatic heterocycles. The van der Waals surface area contributed by atoms with E-state index < -0.39 is 0 Å². The highest BCUT2D eigenvalue weighted by molar-refractivity contribution is 6.31. The molecule has 0 saturated carbocycles. The van der Waals surface area contributed by atoms with E-state index in [1.165, 1.54) is 7.11 Å². The van der Waals surface area contributed by atoms with E-state index in [0.29, 0.717) is 22.2 Å². The van der Waals surface area contributed by atoms with Crippen molar-refractivity contribution in [1.82, 2.24) is 15.4 Å². The Bertz CT molecular complexity index is 624. The minimum atomic E-state index is -0.355. The summed E-state index contributed by atoms with van der Waals surface area (Å²) in [6.07, 6.45) is 0. The van der Waals surface area contributed by atoms with Gasteiger partial charge in [0.05, 0.1) is 18.5 Å². The highest BCUT2D eigenvalue weighted by Crippen LogP contribution is 2.31. The van der Waals surface area contributed by atoms with Gasteiger partial charge >= 0.3 is 0 Å². The van der Waals surface area contributed by atoms with Gasteiger partial charge in [0, 0.05) is 11.1 Å². The topological polar surface area (TPSA) is 79.9 Å². The first-order valence-electron chi connectivity index (χ1n) is 5.55. The summed E-state index contributed by atoms with van der Waals surface area (Å²) in [6, 6.07) is 3.40. The summed E-state index contributed by atoms with van der Waals surface area (Å²) in [5.41, 5.74) is 2.16. The van der Waals surface area contributed by atoms with Gasteiger partial charge in [-0.25, -0.2) is 0 Å². The van der Waals surface area contributed by atoms with Crippen LogP contribution in [0.15, 0.2) is 12.1 Å². The molecular weight excluding hydrogens is 268 g/mol. The van der Waals surface area contributed by atoms with Crippen molar-refractivity contribution in [3.8, 4) is 5.75 Å². The molecule has 1 aromatic carbocycles. The number of aromatic amines is 1. The average molecular weight is 281 g/mol. The van der Waals surface area contributed by atoms with E-state index in [2.05, 4.69) is 20.7 Å². The Hall–Kier alpha value is -2.08. The van der Waals surface area contributed by atoms with Gasteiger partial charge in [0.2, 0.25) is 0 Å². The molecule has 0 spiro atoms. The molecule has 0 bridgehead atoms. The van der Waals surface area contributed by atoms with Gasteiger partial charge in [0.1, 0.15) is 5.75 Å². The van der Waals surface area contributed by atoms with Crippen molar-refractivity contribution in [3.05, 3.63) is 34.1 Å². The standard InChI is InChI=1S/C12H13ClN4O2/c1-6-4-9(10(19-3)5-8(6)13)14-12(18)11-7(2)15-17-16-11/h4-5H,1-3H3,(H,14,18)(H,15,16,17). The first kappa shape index (κ1) is 13.4. The zero-order valence-corrected chi connectivity index (χ0v) is 11.5. The van der Waals surface area contributed by atoms with Gasteiger partial charge in [-0.05, 0) is 25.5 Å². The normalized spacial score (nSPS) is 10.3. The lowest BCUT2D eigenvalue weighted by Crippen LogP contribution is -2.14. The van der Waals surface area contributed by atoms with Crippen molar-refractivity contribution >= 4 is 23.2 Å². The van der Waals surface area contributed by atoms with Gasteiger partial charge in [0.15, 0.2) is 5.69 Å². The highest BCUT2D eigenvalue weighted by Gasteiger charge is 2.16. The third-order valence-electron chi connectivity index (χ3n) is 2.67. The van der Waals surface area contributed by atoms with Crippen LogP contribution in [0, 0.1) is 13.8 Å². The van der Waals surface area contributed by atoms with Gasteiger partial charge in [0.25, 0.3) is 5.91 Å². The third kappa shape index (κ3) is 2.68. The number of aromatic nitrogens is 3. The summed E-state index contributed by atoms with van der Waals surface area (Å²) in [7, 11) is 1.51. The van der Waals surface area contributed by atoms with Crippen LogP contribution < -0.4 is 10.1 Å². The molecule has 0 aliphatic rings. The number of nitrogens with one attached hydrogen (secondary N) is 2. The zero-order valence-electron chi connectivity index (χ0n) is 10.7. The monoisotopic (exact) mass is 280 g/mol. The number of nitrogens with zero attached hydrogens (tertiary/aromatic N) is 2. The molecule has 0 saturated heterocycles. The van der Waals surface area contributed by atoms with E-state index in [9.17, 15) is 4.79 Å². The van der Waals surface area contributed by atoms with Crippen LogP contribution in [-0.4, -0.2) is 28.4 Å². The minimum absolute atomic E-state index is 0.245. The fraction of sp³-hybridized carbons (Fsp3) is 0.250. The largest absolute Gasteiger partial charge is 0.495 e. The van der Waals surface area contributed by atoms with Crippen LogP contribution in [0.25, 0.3) is 0 Å². The summed E-state index contributed by atoms with van der Waals surface area (Å²) in [4.78, 5) is 12.0. The Balaban J connectivity index is 2.31. The van der Waals surface area contributed by atoms with Crippen LogP contribution in [0.2, 0.25) is 5.02 Å². The first-order chi connectivity index (χ1) is 9.02. The molecule has 1 amide bonds. The molecule has 1 heterocycles. The highest BCUT2D eigenvalue weighted by atomic mass is 35.5. The van der Waals surface area contributed by atoms with E-state index >= 15 is 0 Å². The Morgan fingerprint density at radius 3 is 2.68 bits per heavy atom. The lowest BCUT2D eigenvalue weighted by molar-refractivity contribution is 0.102. The van der Waals surface area contributed by atoms with Crippen LogP contribution >= 0.6 is 11.6 Å². The Morgan fingerprint density at radius 2 is 2.11 bits per heavy atom. The smallest absolute Gasteiger partial charge is 0.278 e. The van der Waals surface area contributed by atoms with Gasteiger partial charge in [-0.15, -0.1) is 0 Å². The Kier molecular flexibility index (Phi) is 3.71. The second-order valence-corrected chi connectivity index (χ2v) is 4.42. The molecule has 0 aliphatic carbocycles. The Morgan fingerprint density at radius 1 is 1.37 bits per heavy atom. The molecule has 19 heavy (non-hydrogen) atoms. The minimum Gasteiger partial charge on any atom is -0.495 e. The molecule has 0 unspecified atom stereocenters. The molecule has 0 fully saturated rings. The maximum atomic E-state index is 12.0. The predicted octanol–water partition coefficient (Wildman–Crippen LogP) is 2.34. The van der Waals surface area contributed by atoms with Crippen LogP contribution in [0.1, 0.15) is 21.7 Å². The summed E-state index contributed by atoms with van der Waals surface area (Å²) in [6.45, 7) is 3.54. The van der Waals surface area contributed by atoms with Crippen molar-refractivity contribution in [2.24, 2.45) is 0 Å². The number of carbonyl (C=O) groups is 1. The number of hydrogen-bond donors (Lipinski definition) is 2. The number of rotatable bonds is 3. The van der Waals surface area contributed by atoms with Gasteiger partial charge in [-0.3, -0.25) is 4.79 Å². The molecule has 2 aromatic rings. The number of H-pyrrole nitrogens is 1. The number of halogens is 1. The molecule has 0 aliphatic heterocycles. The van der Waals surface area contributed by atoms with Crippen LogP contribution in [0.3, 0.4) is 0 Å². The summed E-state index contributed by atoms with van der Waals surface area (Å²) in [5.74, 6) is 0.136. The van der Waals surface area contributed by atoms with Gasteiger partial charge < -0.3 is 10.1 Å². The number of ether oxygens (including phenoxy) is 1. The Labute approximate surface area is 115 Å². The molecule has 6 nitrogen and oxygen atoms in total. The second-order valence-electron chi connectivity index (χ2n) is 4.01. The second kappa shape index (κ2) is 5.27. The number of anilines is 1. The van der Waals surface area contributed by atoms with E-state index in [1.807, 2.05) is 6.92 Å². The molecular formula is C12H13ClN4O2. The average Bonchev–Trinajstić information content (AvgIpc) is 2.79. The van der Waals surface area contributed by atoms with E-state index in [1.54, 1.807) is 19.1 Å². The fourth-order valence-electron chi connectivity index (χ4n) is 1.61. The van der Waals surface area contributed by atoms with Crippen molar-refractivity contribution in [1.29, 1.82) is 0 Å². The molecule has 0 atom stereocenters. The van der Waals surface area contributed by atoms with Crippen LogP contribution in [-0.2, 0) is 0 Å². The third-order valence-corrected chi connectivity index (χ3v) is 3.07. The lowest BCUT2D eigenvalue weighted by Gasteiger charge is -2.11. The maximum absolute atomic E-state index is 12.0. The van der Waals surface area contributed by atoms with E-state index in [4.69, 9.17) is 16.3 Å². The van der Waals surface area contributed by atoms with Gasteiger partial charge in [-0.1, -0.05) is 11.6 Å². The predicted molar refractivity (Wildman–Crippen MR) is 71.8 cm³/mol. The molecule has 100 valence electrons. The maximum Gasteiger partial charge on any atom is 0.278 e. The summed E-state index contributed by atoms with van der Waals surface area (Å²) >= 11 is 6.01. The summed E-state index contributed by atoms with van der Waals surface area (Å²) < 4.78 is 5.19. The number of hydrogen-bond acceptors (Lipinski definition) is 4. The summed E-state index contributed by atoms with van der Waals surface area (Å²) in [5, 5.41) is 13.3. The molecule has 7 heteroatoms. The number of methoxy groups -OCH3 is 1. The zero-order chi connectivity index (χ0) is 14.0. The number of benzene rings is 1. The van der Waals surface area contributed by atoms with Gasteiger partial charge in [-0.2, -0.15) is 15.4 Å². The first-order valence-corrected chi connectivity index (χ1v) is 5.93. The van der Waals surface area contributed by atoms with Crippen LogP contribution in [0.5, 0.6) is 5.75 Å². The van der Waals surface area contributed by atoms with Crippen molar-refractivity contribution in [3.63, 3.8) is 0 Å². The van der Waals surface area contributed by atoms with Crippen molar-refractivity contribution in [2.45, 2.75) is 13.8 Å². The fourth-order valence-corrected chi connectivity index (χ4v) is 1.76. The molecule has 2 rings (SSSR count). The molecule has 0 radical (unpaired) electrons. The molecule has 2 N–H and O–H groups in total. The quantitative estimate of drug-likeness (QED) is 0.904. The van der Waals surface area contributed by atoms with Crippen molar-refractivity contribution in [2.75, 3.05) is 12.4 Å². The number of aryl methyl sites for hydroxylation is 2.